The minimum atomic E-state index is -0.557. The number of aromatic nitrogens is 1. The number of aryl methyl sites for hydroxylation is 1. The first-order valence-corrected chi connectivity index (χ1v) is 8.55. The van der Waals surface area contributed by atoms with Gasteiger partial charge in [-0.15, -0.1) is 0 Å². The Morgan fingerprint density at radius 2 is 1.85 bits per heavy atom. The molecule has 0 unspecified atom stereocenters. The number of carbonyl (C=O) groups is 3. The fourth-order valence-corrected chi connectivity index (χ4v) is 2.91. The number of rotatable bonds is 8. The van der Waals surface area contributed by atoms with Crippen LogP contribution < -0.4 is 5.32 Å². The van der Waals surface area contributed by atoms with E-state index in [1.54, 1.807) is 6.92 Å². The quantitative estimate of drug-likeness (QED) is 0.432. The topological polar surface area (TPSA) is 88.3 Å². The fourth-order valence-electron chi connectivity index (χ4n) is 2.91. The molecule has 1 heterocycles. The highest BCUT2D eigenvalue weighted by molar-refractivity contribution is 6.01. The number of methoxy groups -OCH3 is 1. The van der Waals surface area contributed by atoms with Gasteiger partial charge in [0.2, 0.25) is 5.91 Å². The lowest BCUT2D eigenvalue weighted by Crippen LogP contribution is -2.27. The maximum absolute atomic E-state index is 12.2. The molecule has 1 aromatic heterocycles. The predicted molar refractivity (Wildman–Crippen MR) is 98.4 cm³/mol. The summed E-state index contributed by atoms with van der Waals surface area (Å²) in [7, 11) is 1.27. The van der Waals surface area contributed by atoms with Crippen LogP contribution in [-0.4, -0.2) is 36.3 Å². The van der Waals surface area contributed by atoms with Crippen molar-refractivity contribution in [2.45, 2.75) is 33.1 Å². The fraction of sp³-hybridized carbons (Fsp3) is 0.350. The molecule has 1 aromatic carbocycles. The van der Waals surface area contributed by atoms with Gasteiger partial charge in [0.15, 0.2) is 5.78 Å². The normalized spacial score (nSPS) is 10.4. The van der Waals surface area contributed by atoms with Gasteiger partial charge in [-0.2, -0.15) is 0 Å². The van der Waals surface area contributed by atoms with E-state index in [9.17, 15) is 14.4 Å². The van der Waals surface area contributed by atoms with Crippen LogP contribution in [0, 0.1) is 6.92 Å². The van der Waals surface area contributed by atoms with Gasteiger partial charge >= 0.3 is 5.97 Å². The van der Waals surface area contributed by atoms with Crippen LogP contribution in [0.2, 0.25) is 0 Å². The molecule has 1 amide bonds. The van der Waals surface area contributed by atoms with Gasteiger partial charge in [-0.25, -0.2) is 4.79 Å². The lowest BCUT2D eigenvalue weighted by atomic mass is 10.1. The van der Waals surface area contributed by atoms with E-state index in [1.165, 1.54) is 19.6 Å². The monoisotopic (exact) mass is 356 g/mol. The second kappa shape index (κ2) is 8.99. The molecule has 0 spiro atoms. The van der Waals surface area contributed by atoms with Gasteiger partial charge in [-0.1, -0.05) is 30.3 Å². The van der Waals surface area contributed by atoms with Crippen molar-refractivity contribution < 1.29 is 19.1 Å². The second-order valence-electron chi connectivity index (χ2n) is 6.14. The minimum absolute atomic E-state index is 0.0100. The minimum Gasteiger partial charge on any atom is -0.465 e. The largest absolute Gasteiger partial charge is 0.465 e. The van der Waals surface area contributed by atoms with Crippen LogP contribution >= 0.6 is 0 Å². The molecule has 0 aliphatic carbocycles. The van der Waals surface area contributed by atoms with Crippen LogP contribution in [0.3, 0.4) is 0 Å². The number of hydrogen-bond donors (Lipinski definition) is 2. The van der Waals surface area contributed by atoms with Crippen LogP contribution in [-0.2, 0) is 22.4 Å². The average molecular weight is 356 g/mol. The van der Waals surface area contributed by atoms with E-state index in [0.29, 0.717) is 23.5 Å². The number of benzene rings is 1. The summed E-state index contributed by atoms with van der Waals surface area (Å²) >= 11 is 0. The predicted octanol–water partition coefficient (Wildman–Crippen LogP) is 2.60. The molecule has 6 nitrogen and oxygen atoms in total. The van der Waals surface area contributed by atoms with Crippen LogP contribution in [0.15, 0.2) is 30.3 Å². The highest BCUT2D eigenvalue weighted by Crippen LogP contribution is 2.20. The summed E-state index contributed by atoms with van der Waals surface area (Å²) in [5.41, 5.74) is 2.73. The number of H-pyrrole nitrogens is 1. The molecule has 0 aliphatic rings. The molecule has 0 fully saturated rings. The molecule has 0 saturated heterocycles. The van der Waals surface area contributed by atoms with E-state index in [1.807, 2.05) is 18.2 Å². The van der Waals surface area contributed by atoms with Crippen LogP contribution in [0.25, 0.3) is 0 Å². The molecule has 0 atom stereocenters. The zero-order chi connectivity index (χ0) is 19.1. The Labute approximate surface area is 152 Å². The molecule has 0 saturated carbocycles. The van der Waals surface area contributed by atoms with E-state index in [0.717, 1.165) is 12.8 Å². The Hall–Kier alpha value is -2.89. The molecule has 0 radical (unpaired) electrons. The van der Waals surface area contributed by atoms with Gasteiger partial charge in [-0.3, -0.25) is 9.59 Å². The van der Waals surface area contributed by atoms with Crippen molar-refractivity contribution >= 4 is 17.7 Å². The molecule has 26 heavy (non-hydrogen) atoms. The summed E-state index contributed by atoms with van der Waals surface area (Å²) in [6.45, 7) is 3.62. The van der Waals surface area contributed by atoms with Crippen molar-refractivity contribution in [3.63, 3.8) is 0 Å². The lowest BCUT2D eigenvalue weighted by molar-refractivity contribution is -0.120. The van der Waals surface area contributed by atoms with Crippen molar-refractivity contribution in [2.24, 2.45) is 0 Å². The van der Waals surface area contributed by atoms with Crippen molar-refractivity contribution in [3.05, 3.63) is 58.4 Å². The van der Waals surface area contributed by atoms with Gasteiger partial charge in [-0.05, 0) is 30.9 Å². The second-order valence-corrected chi connectivity index (χ2v) is 6.14. The number of nitrogens with one attached hydrogen (secondary N) is 2. The summed E-state index contributed by atoms with van der Waals surface area (Å²) in [6.07, 6.45) is 1.69. The molecular formula is C20H24N2O4. The summed E-state index contributed by atoms with van der Waals surface area (Å²) in [5.74, 6) is -0.958. The number of Topliss-reactive ketones (excluding diaryl/α,β-unsaturated/α-hetero) is 1. The highest BCUT2D eigenvalue weighted by Gasteiger charge is 2.24. The zero-order valence-corrected chi connectivity index (χ0v) is 15.3. The van der Waals surface area contributed by atoms with Crippen molar-refractivity contribution in [3.8, 4) is 0 Å². The van der Waals surface area contributed by atoms with E-state index < -0.39 is 5.97 Å². The molecule has 6 heteroatoms. The third-order valence-corrected chi connectivity index (χ3v) is 4.21. The molecule has 0 bridgehead atoms. The number of ether oxygens (including phenoxy) is 1. The number of ketones is 1. The Bertz CT molecular complexity index is 794. The molecule has 0 aliphatic heterocycles. The Kier molecular flexibility index (Phi) is 6.72. The van der Waals surface area contributed by atoms with Crippen molar-refractivity contribution in [1.29, 1.82) is 0 Å². The Morgan fingerprint density at radius 3 is 2.46 bits per heavy atom. The van der Waals surface area contributed by atoms with E-state index >= 15 is 0 Å². The molecule has 2 N–H and O–H groups in total. The lowest BCUT2D eigenvalue weighted by Gasteiger charge is -2.06. The van der Waals surface area contributed by atoms with Gasteiger partial charge < -0.3 is 15.0 Å². The maximum atomic E-state index is 12.2. The molecule has 2 aromatic rings. The summed E-state index contributed by atoms with van der Waals surface area (Å²) in [5, 5.41) is 2.85. The molecule has 138 valence electrons. The first-order valence-electron chi connectivity index (χ1n) is 8.55. The van der Waals surface area contributed by atoms with Gasteiger partial charge in [0.05, 0.1) is 24.8 Å². The average Bonchev–Trinajstić information content (AvgIpc) is 2.95. The highest BCUT2D eigenvalue weighted by atomic mass is 16.5. The van der Waals surface area contributed by atoms with Gasteiger partial charge in [0, 0.05) is 19.2 Å². The first-order chi connectivity index (χ1) is 12.4. The molecular weight excluding hydrogens is 332 g/mol. The zero-order valence-electron chi connectivity index (χ0n) is 15.3. The van der Waals surface area contributed by atoms with Gasteiger partial charge in [0.25, 0.3) is 0 Å². The van der Waals surface area contributed by atoms with E-state index in [4.69, 9.17) is 4.74 Å². The van der Waals surface area contributed by atoms with Crippen molar-refractivity contribution in [2.75, 3.05) is 13.7 Å². The SMILES string of the molecule is COC(=O)c1c(CC(=O)NCCCc2ccccc2)[nH]c(C(C)=O)c1C. The number of esters is 1. The summed E-state index contributed by atoms with van der Waals surface area (Å²) < 4.78 is 4.78. The van der Waals surface area contributed by atoms with Crippen LogP contribution in [0.5, 0.6) is 0 Å². The number of aromatic amines is 1. The first kappa shape index (κ1) is 19.4. The third kappa shape index (κ3) is 4.81. The summed E-state index contributed by atoms with van der Waals surface area (Å²) in [4.78, 5) is 38.8. The van der Waals surface area contributed by atoms with Crippen LogP contribution in [0.1, 0.15) is 51.0 Å². The van der Waals surface area contributed by atoms with Gasteiger partial charge in [0.1, 0.15) is 0 Å². The van der Waals surface area contributed by atoms with Crippen LogP contribution in [0.4, 0.5) is 0 Å². The van der Waals surface area contributed by atoms with E-state index in [-0.39, 0.29) is 23.7 Å². The number of hydrogen-bond acceptors (Lipinski definition) is 4. The third-order valence-electron chi connectivity index (χ3n) is 4.21. The summed E-state index contributed by atoms with van der Waals surface area (Å²) in [6, 6.07) is 10.0. The maximum Gasteiger partial charge on any atom is 0.339 e. The number of amides is 1. The number of carbonyl (C=O) groups excluding carboxylic acids is 3. The van der Waals surface area contributed by atoms with Crippen molar-refractivity contribution in [1.82, 2.24) is 10.3 Å². The Morgan fingerprint density at radius 1 is 1.15 bits per heavy atom. The smallest absolute Gasteiger partial charge is 0.339 e. The van der Waals surface area contributed by atoms with E-state index in [2.05, 4.69) is 22.4 Å². The Balaban J connectivity index is 1.96. The molecule has 2 rings (SSSR count). The standard InChI is InChI=1S/C20H24N2O4/c1-13-18(20(25)26-3)16(22-19(13)14(2)23)12-17(24)21-11-7-10-15-8-5-4-6-9-15/h4-6,8-9,22H,7,10-12H2,1-3H3,(H,21,24).